The molecule has 1 atom stereocenters. The molecule has 1 saturated carbocycles. The molecule has 0 spiro atoms. The molecule has 3 heterocycles. The summed E-state index contributed by atoms with van der Waals surface area (Å²) in [6.45, 7) is 2.12. The lowest BCUT2D eigenvalue weighted by Crippen LogP contribution is -2.44. The van der Waals surface area contributed by atoms with Crippen molar-refractivity contribution >= 4 is 23.4 Å². The van der Waals surface area contributed by atoms with E-state index < -0.39 is 0 Å². The molecule has 35 heavy (non-hydrogen) atoms. The molecular weight excluding hydrogens is 442 g/mol. The second kappa shape index (κ2) is 10.2. The number of aromatic nitrogens is 2. The van der Waals surface area contributed by atoms with Gasteiger partial charge >= 0.3 is 0 Å². The van der Waals surface area contributed by atoms with Crippen LogP contribution in [0.2, 0.25) is 0 Å². The topological polar surface area (TPSA) is 87.5 Å². The van der Waals surface area contributed by atoms with Gasteiger partial charge in [0.15, 0.2) is 5.69 Å². The summed E-state index contributed by atoms with van der Waals surface area (Å²) in [5, 5.41) is 7.56. The predicted molar refractivity (Wildman–Crippen MR) is 133 cm³/mol. The Balaban J connectivity index is 1.26. The highest BCUT2D eigenvalue weighted by atomic mass is 16.2. The van der Waals surface area contributed by atoms with E-state index >= 15 is 0 Å². The van der Waals surface area contributed by atoms with E-state index in [-0.39, 0.29) is 23.6 Å². The molecule has 0 radical (unpaired) electrons. The summed E-state index contributed by atoms with van der Waals surface area (Å²) in [5.74, 6) is 0.258. The summed E-state index contributed by atoms with van der Waals surface area (Å²) in [6.07, 6.45) is 7.61. The predicted octanol–water partition coefficient (Wildman–Crippen LogP) is 3.38. The molecule has 1 N–H and O–H groups in total. The van der Waals surface area contributed by atoms with Crippen LogP contribution in [0.3, 0.4) is 0 Å². The van der Waals surface area contributed by atoms with Gasteiger partial charge in [-0.15, -0.1) is 0 Å². The van der Waals surface area contributed by atoms with Crippen molar-refractivity contribution in [3.63, 3.8) is 0 Å². The van der Waals surface area contributed by atoms with Crippen molar-refractivity contribution < 1.29 is 14.4 Å². The number of hydrogen-bond acceptors (Lipinski definition) is 4. The number of aryl methyl sites for hydroxylation is 1. The number of nitrogens with one attached hydrogen (secondary N) is 1. The van der Waals surface area contributed by atoms with Gasteiger partial charge in [-0.2, -0.15) is 5.10 Å². The fourth-order valence-electron chi connectivity index (χ4n) is 5.86. The summed E-state index contributed by atoms with van der Waals surface area (Å²) in [5.41, 5.74) is 3.11. The molecule has 0 unspecified atom stereocenters. The molecule has 3 aliphatic rings. The number of fused-ring (bicyclic) bond motifs is 1. The molecule has 5 rings (SSSR count). The third kappa shape index (κ3) is 5.11. The van der Waals surface area contributed by atoms with E-state index in [0.29, 0.717) is 50.6 Å². The standard InChI is InChI=1S/C27H35N5O3/c1-30-23-13-15-31(24(33)16-19-8-5-6-9-19)18-22(23)25(29-30)27(35)32-14-7-10-20(17-32)26(34)28-21-11-3-2-4-12-21/h2-4,11-12,19-20H,5-10,13-18H2,1H3,(H,28,34)/t20-/m1/s1. The van der Waals surface area contributed by atoms with E-state index in [0.717, 1.165) is 42.6 Å². The Morgan fingerprint density at radius 1 is 1.00 bits per heavy atom. The van der Waals surface area contributed by atoms with E-state index in [1.54, 1.807) is 9.58 Å². The van der Waals surface area contributed by atoms with Crippen LogP contribution >= 0.6 is 0 Å². The number of carbonyl (C=O) groups is 3. The Morgan fingerprint density at radius 3 is 2.54 bits per heavy atom. The van der Waals surface area contributed by atoms with Gasteiger partial charge in [-0.25, -0.2) is 0 Å². The first-order valence-corrected chi connectivity index (χ1v) is 13.0. The lowest BCUT2D eigenvalue weighted by atomic mass is 9.96. The zero-order chi connectivity index (χ0) is 24.4. The lowest BCUT2D eigenvalue weighted by molar-refractivity contribution is -0.133. The minimum absolute atomic E-state index is 0.0552. The highest BCUT2D eigenvalue weighted by Crippen LogP contribution is 2.30. The fourth-order valence-corrected chi connectivity index (χ4v) is 5.86. The number of amides is 3. The number of nitrogens with zero attached hydrogens (tertiary/aromatic N) is 4. The van der Waals surface area contributed by atoms with Crippen molar-refractivity contribution in [3.05, 3.63) is 47.3 Å². The molecule has 8 nitrogen and oxygen atoms in total. The number of likely N-dealkylation sites (tertiary alicyclic amines) is 1. The third-order valence-electron chi connectivity index (χ3n) is 7.86. The lowest BCUT2D eigenvalue weighted by Gasteiger charge is -2.32. The average molecular weight is 478 g/mol. The fraction of sp³-hybridized carbons (Fsp3) is 0.556. The molecule has 8 heteroatoms. The van der Waals surface area contributed by atoms with Gasteiger partial charge in [-0.3, -0.25) is 19.1 Å². The zero-order valence-electron chi connectivity index (χ0n) is 20.5. The second-order valence-corrected chi connectivity index (χ2v) is 10.3. The number of hydrogen-bond donors (Lipinski definition) is 1. The van der Waals surface area contributed by atoms with Crippen molar-refractivity contribution in [1.82, 2.24) is 19.6 Å². The molecule has 1 saturated heterocycles. The molecule has 1 aromatic heterocycles. The number of anilines is 1. The Labute approximate surface area is 206 Å². The molecule has 186 valence electrons. The van der Waals surface area contributed by atoms with Gasteiger partial charge in [0.25, 0.3) is 5.91 Å². The Morgan fingerprint density at radius 2 is 1.77 bits per heavy atom. The third-order valence-corrected chi connectivity index (χ3v) is 7.86. The van der Waals surface area contributed by atoms with Crippen LogP contribution in [0.25, 0.3) is 0 Å². The van der Waals surface area contributed by atoms with Crippen LogP contribution in [-0.4, -0.2) is 56.9 Å². The summed E-state index contributed by atoms with van der Waals surface area (Å²) < 4.78 is 1.80. The van der Waals surface area contributed by atoms with E-state index in [1.807, 2.05) is 42.3 Å². The summed E-state index contributed by atoms with van der Waals surface area (Å²) in [7, 11) is 1.87. The summed E-state index contributed by atoms with van der Waals surface area (Å²) in [4.78, 5) is 43.1. The number of benzene rings is 1. The minimum Gasteiger partial charge on any atom is -0.338 e. The first-order chi connectivity index (χ1) is 17.0. The average Bonchev–Trinajstić information content (AvgIpc) is 3.51. The maximum absolute atomic E-state index is 13.6. The van der Waals surface area contributed by atoms with Crippen LogP contribution < -0.4 is 5.32 Å². The highest BCUT2D eigenvalue weighted by Gasteiger charge is 2.35. The SMILES string of the molecule is Cn1nc(C(=O)N2CCC[C@@H](C(=O)Nc3ccccc3)C2)c2c1CCN(C(=O)CC1CCCC1)C2. The zero-order valence-corrected chi connectivity index (χ0v) is 20.5. The number of para-hydroxylation sites is 1. The van der Waals surface area contributed by atoms with Crippen LogP contribution in [0, 0.1) is 11.8 Å². The molecule has 0 bridgehead atoms. The first-order valence-electron chi connectivity index (χ1n) is 13.0. The van der Waals surface area contributed by atoms with Gasteiger partial charge < -0.3 is 15.1 Å². The Bertz CT molecular complexity index is 1090. The minimum atomic E-state index is -0.253. The van der Waals surface area contributed by atoms with Crippen LogP contribution in [0.1, 0.15) is 66.7 Å². The van der Waals surface area contributed by atoms with Gasteiger partial charge in [-0.05, 0) is 43.7 Å². The van der Waals surface area contributed by atoms with Gasteiger partial charge in [-0.1, -0.05) is 31.0 Å². The summed E-state index contributed by atoms with van der Waals surface area (Å²) in [6, 6.07) is 9.41. The van der Waals surface area contributed by atoms with E-state index in [2.05, 4.69) is 10.4 Å². The monoisotopic (exact) mass is 477 g/mol. The van der Waals surface area contributed by atoms with Gasteiger partial charge in [0, 0.05) is 63.0 Å². The smallest absolute Gasteiger partial charge is 0.274 e. The number of rotatable bonds is 5. The van der Waals surface area contributed by atoms with E-state index in [4.69, 9.17) is 0 Å². The van der Waals surface area contributed by atoms with Crippen LogP contribution in [0.15, 0.2) is 30.3 Å². The second-order valence-electron chi connectivity index (χ2n) is 10.3. The summed E-state index contributed by atoms with van der Waals surface area (Å²) >= 11 is 0. The molecule has 3 amide bonds. The van der Waals surface area contributed by atoms with E-state index in [1.165, 1.54) is 12.8 Å². The van der Waals surface area contributed by atoms with Crippen LogP contribution in [-0.2, 0) is 29.6 Å². The highest BCUT2D eigenvalue weighted by molar-refractivity contribution is 5.96. The van der Waals surface area contributed by atoms with E-state index in [9.17, 15) is 14.4 Å². The molecule has 1 aromatic carbocycles. The van der Waals surface area contributed by atoms with Gasteiger partial charge in [0.2, 0.25) is 11.8 Å². The maximum Gasteiger partial charge on any atom is 0.274 e. The molecule has 2 aliphatic heterocycles. The first kappa shape index (κ1) is 23.6. The van der Waals surface area contributed by atoms with Crippen LogP contribution in [0.4, 0.5) is 5.69 Å². The molecular formula is C27H35N5O3. The molecule has 2 fully saturated rings. The molecule has 2 aromatic rings. The largest absolute Gasteiger partial charge is 0.338 e. The van der Waals surface area contributed by atoms with Crippen molar-refractivity contribution in [3.8, 4) is 0 Å². The van der Waals surface area contributed by atoms with Crippen LogP contribution in [0.5, 0.6) is 0 Å². The van der Waals surface area contributed by atoms with Crippen molar-refractivity contribution in [2.24, 2.45) is 18.9 Å². The van der Waals surface area contributed by atoms with Crippen molar-refractivity contribution in [2.75, 3.05) is 25.0 Å². The number of piperidine rings is 1. The normalized spacial score (nSPS) is 20.5. The van der Waals surface area contributed by atoms with Crippen molar-refractivity contribution in [2.45, 2.75) is 57.9 Å². The van der Waals surface area contributed by atoms with Gasteiger partial charge in [0.05, 0.1) is 5.92 Å². The van der Waals surface area contributed by atoms with Crippen molar-refractivity contribution in [1.29, 1.82) is 0 Å². The Hall–Kier alpha value is -3.16. The Kier molecular flexibility index (Phi) is 6.88. The van der Waals surface area contributed by atoms with Gasteiger partial charge in [0.1, 0.15) is 0 Å². The maximum atomic E-state index is 13.6. The molecule has 1 aliphatic carbocycles. The number of carbonyl (C=O) groups excluding carboxylic acids is 3. The quantitative estimate of drug-likeness (QED) is 0.715.